The second kappa shape index (κ2) is 4.53. The van der Waals surface area contributed by atoms with E-state index in [0.717, 1.165) is 12.2 Å². The summed E-state index contributed by atoms with van der Waals surface area (Å²) in [6.07, 6.45) is 1.91. The molecule has 0 spiro atoms. The van der Waals surface area contributed by atoms with E-state index in [-0.39, 0.29) is 17.3 Å². The van der Waals surface area contributed by atoms with Crippen LogP contribution in [-0.2, 0) is 0 Å². The summed E-state index contributed by atoms with van der Waals surface area (Å²) in [5, 5.41) is 20.4. The highest BCUT2D eigenvalue weighted by molar-refractivity contribution is 5.47. The van der Waals surface area contributed by atoms with Crippen molar-refractivity contribution in [3.63, 3.8) is 0 Å². The van der Waals surface area contributed by atoms with Crippen LogP contribution in [0, 0.1) is 15.5 Å². The number of aliphatic hydroxyl groups excluding tert-OH is 1. The first kappa shape index (κ1) is 12.8. The number of nitrogens with zero attached hydrogens (tertiary/aromatic N) is 3. The maximum absolute atomic E-state index is 10.5. The molecule has 1 aliphatic rings. The first-order chi connectivity index (χ1) is 8.40. The second-order valence-electron chi connectivity index (χ2n) is 5.35. The minimum Gasteiger partial charge on any atom is -0.392 e. The molecule has 1 N–H and O–H groups in total. The Morgan fingerprint density at radius 1 is 1.56 bits per heavy atom. The fourth-order valence-electron chi connectivity index (χ4n) is 2.24. The van der Waals surface area contributed by atoms with E-state index in [4.69, 9.17) is 0 Å². The van der Waals surface area contributed by atoms with Crippen LogP contribution in [-0.4, -0.2) is 34.2 Å². The van der Waals surface area contributed by atoms with Crippen LogP contribution < -0.4 is 4.90 Å². The lowest BCUT2D eigenvalue weighted by atomic mass is 9.81. The van der Waals surface area contributed by atoms with Gasteiger partial charge in [-0.25, -0.2) is 0 Å². The van der Waals surface area contributed by atoms with Gasteiger partial charge in [-0.1, -0.05) is 13.8 Å². The Hall–Kier alpha value is -1.69. The third-order valence-corrected chi connectivity index (χ3v) is 3.46. The van der Waals surface area contributed by atoms with E-state index >= 15 is 0 Å². The van der Waals surface area contributed by atoms with Gasteiger partial charge in [0.1, 0.15) is 0 Å². The van der Waals surface area contributed by atoms with Gasteiger partial charge in [-0.05, 0) is 22.4 Å². The molecule has 2 heterocycles. The normalized spacial score (nSPS) is 22.8. The maximum atomic E-state index is 10.5. The first-order valence-corrected chi connectivity index (χ1v) is 5.93. The summed E-state index contributed by atoms with van der Waals surface area (Å²) in [5.74, 6) is -0.143. The molecule has 0 saturated carbocycles. The summed E-state index contributed by atoms with van der Waals surface area (Å²) < 4.78 is 0. The highest BCUT2D eigenvalue weighted by Crippen LogP contribution is 2.32. The van der Waals surface area contributed by atoms with Crippen molar-refractivity contribution in [1.29, 1.82) is 0 Å². The van der Waals surface area contributed by atoms with E-state index in [1.165, 1.54) is 12.3 Å². The van der Waals surface area contributed by atoms with Crippen molar-refractivity contribution in [2.45, 2.75) is 26.4 Å². The van der Waals surface area contributed by atoms with Crippen molar-refractivity contribution in [2.75, 3.05) is 18.0 Å². The van der Waals surface area contributed by atoms with Gasteiger partial charge < -0.3 is 20.1 Å². The summed E-state index contributed by atoms with van der Waals surface area (Å²) in [4.78, 5) is 15.9. The second-order valence-corrected chi connectivity index (χ2v) is 5.35. The number of hydrogen-bond acceptors (Lipinski definition) is 5. The van der Waals surface area contributed by atoms with Crippen molar-refractivity contribution in [3.8, 4) is 0 Å². The van der Waals surface area contributed by atoms with Crippen LogP contribution in [0.25, 0.3) is 0 Å². The third kappa shape index (κ3) is 2.43. The minimum absolute atomic E-state index is 0.143. The molecular weight excluding hydrogens is 234 g/mol. The van der Waals surface area contributed by atoms with Crippen LogP contribution in [0.15, 0.2) is 18.3 Å². The number of aromatic nitrogens is 1. The molecule has 1 atom stereocenters. The molecule has 1 aliphatic heterocycles. The Kier molecular flexibility index (Phi) is 3.21. The van der Waals surface area contributed by atoms with Crippen LogP contribution >= 0.6 is 0 Å². The molecule has 2 rings (SSSR count). The van der Waals surface area contributed by atoms with Gasteiger partial charge in [-0.2, -0.15) is 0 Å². The molecule has 1 unspecified atom stereocenters. The van der Waals surface area contributed by atoms with E-state index in [1.54, 1.807) is 6.07 Å². The number of nitro groups is 1. The van der Waals surface area contributed by atoms with Gasteiger partial charge in [0, 0.05) is 24.6 Å². The topological polar surface area (TPSA) is 79.5 Å². The predicted molar refractivity (Wildman–Crippen MR) is 67.5 cm³/mol. The standard InChI is InChI=1S/C12H17N3O3/c1-12(2)8-14(6-5-10(12)16)9-3-4-11(13-7-9)15(17)18/h3-4,7,10,16H,5-6,8H2,1-2H3. The van der Waals surface area contributed by atoms with Crippen LogP contribution in [0.5, 0.6) is 0 Å². The number of hydrogen-bond donors (Lipinski definition) is 1. The Labute approximate surface area is 105 Å². The molecule has 1 fully saturated rings. The van der Waals surface area contributed by atoms with Crippen molar-refractivity contribution in [3.05, 3.63) is 28.4 Å². The maximum Gasteiger partial charge on any atom is 0.363 e. The fraction of sp³-hybridized carbons (Fsp3) is 0.583. The van der Waals surface area contributed by atoms with E-state index in [1.807, 2.05) is 13.8 Å². The van der Waals surface area contributed by atoms with Crippen LogP contribution in [0.4, 0.5) is 11.5 Å². The van der Waals surface area contributed by atoms with Gasteiger partial charge in [0.25, 0.3) is 0 Å². The van der Waals surface area contributed by atoms with E-state index in [9.17, 15) is 15.2 Å². The first-order valence-electron chi connectivity index (χ1n) is 5.93. The highest BCUT2D eigenvalue weighted by Gasteiger charge is 2.35. The zero-order chi connectivity index (χ0) is 13.3. The smallest absolute Gasteiger partial charge is 0.363 e. The summed E-state index contributed by atoms with van der Waals surface area (Å²) in [6.45, 7) is 5.49. The SMILES string of the molecule is CC1(C)CN(c2ccc([N+](=O)[O-])nc2)CCC1O. The summed E-state index contributed by atoms with van der Waals surface area (Å²) in [6, 6.07) is 3.12. The molecule has 1 saturated heterocycles. The molecular formula is C12H17N3O3. The lowest BCUT2D eigenvalue weighted by molar-refractivity contribution is -0.389. The molecule has 6 heteroatoms. The molecule has 0 aromatic carbocycles. The molecule has 0 bridgehead atoms. The summed E-state index contributed by atoms with van der Waals surface area (Å²) in [7, 11) is 0. The van der Waals surface area contributed by atoms with E-state index < -0.39 is 4.92 Å². The number of rotatable bonds is 2. The molecule has 0 amide bonds. The van der Waals surface area contributed by atoms with E-state index in [0.29, 0.717) is 13.0 Å². The van der Waals surface area contributed by atoms with Crippen LogP contribution in [0.2, 0.25) is 0 Å². The Morgan fingerprint density at radius 3 is 2.78 bits per heavy atom. The number of aliphatic hydroxyl groups is 1. The average molecular weight is 251 g/mol. The molecule has 98 valence electrons. The average Bonchev–Trinajstić information content (AvgIpc) is 2.33. The van der Waals surface area contributed by atoms with Gasteiger partial charge in [0.05, 0.1) is 11.8 Å². The number of anilines is 1. The lowest BCUT2D eigenvalue weighted by Crippen LogP contribution is -2.48. The Morgan fingerprint density at radius 2 is 2.28 bits per heavy atom. The highest BCUT2D eigenvalue weighted by atomic mass is 16.6. The number of pyridine rings is 1. The zero-order valence-corrected chi connectivity index (χ0v) is 10.5. The zero-order valence-electron chi connectivity index (χ0n) is 10.5. The molecule has 6 nitrogen and oxygen atoms in total. The molecule has 18 heavy (non-hydrogen) atoms. The van der Waals surface area contributed by atoms with Gasteiger partial charge in [-0.15, -0.1) is 0 Å². The van der Waals surface area contributed by atoms with Crippen molar-refractivity contribution >= 4 is 11.5 Å². The van der Waals surface area contributed by atoms with Gasteiger partial charge in [-0.3, -0.25) is 0 Å². The van der Waals surface area contributed by atoms with Crippen molar-refractivity contribution < 1.29 is 10.0 Å². The Balaban J connectivity index is 2.15. The molecule has 1 aromatic rings. The number of piperidine rings is 1. The van der Waals surface area contributed by atoms with Crippen LogP contribution in [0.3, 0.4) is 0 Å². The predicted octanol–water partition coefficient (Wildman–Crippen LogP) is 1.59. The molecule has 0 radical (unpaired) electrons. The lowest BCUT2D eigenvalue weighted by Gasteiger charge is -2.42. The molecule has 0 aliphatic carbocycles. The minimum atomic E-state index is -0.506. The Bertz CT molecular complexity index is 444. The van der Waals surface area contributed by atoms with Gasteiger partial charge in [0.2, 0.25) is 0 Å². The quantitative estimate of drug-likeness (QED) is 0.637. The summed E-state index contributed by atoms with van der Waals surface area (Å²) >= 11 is 0. The van der Waals surface area contributed by atoms with Gasteiger partial charge >= 0.3 is 5.82 Å². The monoisotopic (exact) mass is 251 g/mol. The van der Waals surface area contributed by atoms with Gasteiger partial charge in [0.15, 0.2) is 6.20 Å². The fourth-order valence-corrected chi connectivity index (χ4v) is 2.24. The van der Waals surface area contributed by atoms with Crippen molar-refractivity contribution in [1.82, 2.24) is 4.98 Å². The summed E-state index contributed by atoms with van der Waals surface area (Å²) in [5.41, 5.74) is 0.681. The van der Waals surface area contributed by atoms with Crippen LogP contribution in [0.1, 0.15) is 20.3 Å². The van der Waals surface area contributed by atoms with E-state index in [2.05, 4.69) is 9.88 Å². The largest absolute Gasteiger partial charge is 0.392 e. The van der Waals surface area contributed by atoms with Crippen molar-refractivity contribution in [2.24, 2.45) is 5.41 Å². The third-order valence-electron chi connectivity index (χ3n) is 3.46. The molecule has 1 aromatic heterocycles.